The molecule has 0 aliphatic carbocycles. The first-order valence-corrected chi connectivity index (χ1v) is 5.30. The van der Waals surface area contributed by atoms with Crippen molar-refractivity contribution in [2.75, 3.05) is 29.9 Å². The highest BCUT2D eigenvalue weighted by atomic mass is 16.4. The predicted molar refractivity (Wildman–Crippen MR) is 64.4 cm³/mol. The molecular formula is C12H11N3O3. The van der Waals surface area contributed by atoms with Gasteiger partial charge in [0.25, 0.3) is 0 Å². The molecule has 0 spiro atoms. The Labute approximate surface area is 104 Å². The summed E-state index contributed by atoms with van der Waals surface area (Å²) in [6.07, 6.45) is 0. The van der Waals surface area contributed by atoms with Crippen LogP contribution in [0.3, 0.4) is 0 Å². The predicted octanol–water partition coefficient (Wildman–Crippen LogP) is 0.426. The molecule has 1 aromatic rings. The van der Waals surface area contributed by atoms with Gasteiger partial charge in [0, 0.05) is 7.05 Å². The molecule has 1 aliphatic heterocycles. The second kappa shape index (κ2) is 4.37. The van der Waals surface area contributed by atoms with Gasteiger partial charge < -0.3 is 10.0 Å². The molecule has 1 aromatic carbocycles. The second-order valence-electron chi connectivity index (χ2n) is 4.04. The van der Waals surface area contributed by atoms with Crippen LogP contribution in [0.4, 0.5) is 11.4 Å². The van der Waals surface area contributed by atoms with Gasteiger partial charge in [-0.25, -0.2) is 0 Å². The molecule has 0 saturated carbocycles. The third-order valence-corrected chi connectivity index (χ3v) is 2.77. The van der Waals surface area contributed by atoms with E-state index in [1.54, 1.807) is 30.1 Å². The summed E-state index contributed by atoms with van der Waals surface area (Å²) in [6, 6.07) is 6.84. The molecule has 0 fully saturated rings. The average molecular weight is 245 g/mol. The van der Waals surface area contributed by atoms with E-state index in [2.05, 4.69) is 0 Å². The van der Waals surface area contributed by atoms with Crippen LogP contribution < -0.4 is 9.80 Å². The third kappa shape index (κ3) is 1.98. The van der Waals surface area contributed by atoms with E-state index in [9.17, 15) is 9.59 Å². The van der Waals surface area contributed by atoms with Gasteiger partial charge in [0.1, 0.15) is 6.54 Å². The van der Waals surface area contributed by atoms with Crippen molar-refractivity contribution in [3.8, 4) is 6.07 Å². The maximum atomic E-state index is 11.8. The summed E-state index contributed by atoms with van der Waals surface area (Å²) in [6.45, 7) is -0.263. The van der Waals surface area contributed by atoms with Gasteiger partial charge in [-0.2, -0.15) is 5.26 Å². The van der Waals surface area contributed by atoms with E-state index in [-0.39, 0.29) is 19.0 Å². The zero-order valence-corrected chi connectivity index (χ0v) is 9.75. The van der Waals surface area contributed by atoms with Crippen LogP contribution in [0.25, 0.3) is 0 Å². The molecule has 0 unspecified atom stereocenters. The highest BCUT2D eigenvalue weighted by molar-refractivity contribution is 6.05. The number of nitriles is 1. The number of rotatable bonds is 2. The lowest BCUT2D eigenvalue weighted by atomic mass is 10.1. The van der Waals surface area contributed by atoms with Crippen molar-refractivity contribution >= 4 is 23.3 Å². The van der Waals surface area contributed by atoms with Crippen LogP contribution in [-0.2, 0) is 9.59 Å². The topological polar surface area (TPSA) is 84.6 Å². The lowest BCUT2D eigenvalue weighted by Gasteiger charge is -2.34. The Hall–Kier alpha value is -2.55. The van der Waals surface area contributed by atoms with E-state index in [0.29, 0.717) is 16.9 Å². The maximum absolute atomic E-state index is 11.8. The zero-order chi connectivity index (χ0) is 13.3. The highest BCUT2D eigenvalue weighted by Gasteiger charge is 2.28. The zero-order valence-electron chi connectivity index (χ0n) is 9.75. The van der Waals surface area contributed by atoms with Gasteiger partial charge in [0.15, 0.2) is 0 Å². The van der Waals surface area contributed by atoms with Crippen molar-refractivity contribution in [2.24, 2.45) is 0 Å². The van der Waals surface area contributed by atoms with Gasteiger partial charge in [-0.05, 0) is 18.2 Å². The molecule has 0 aromatic heterocycles. The lowest BCUT2D eigenvalue weighted by molar-refractivity contribution is -0.136. The normalized spacial score (nSPS) is 14.1. The number of likely N-dealkylation sites (N-methyl/N-ethyl adjacent to an activating group) is 1. The van der Waals surface area contributed by atoms with Gasteiger partial charge in [-0.1, -0.05) is 0 Å². The second-order valence-corrected chi connectivity index (χ2v) is 4.04. The molecule has 18 heavy (non-hydrogen) atoms. The molecule has 0 atom stereocenters. The minimum atomic E-state index is -1.07. The summed E-state index contributed by atoms with van der Waals surface area (Å²) in [7, 11) is 1.73. The number of benzene rings is 1. The van der Waals surface area contributed by atoms with Crippen LogP contribution in [0, 0.1) is 11.3 Å². The van der Waals surface area contributed by atoms with E-state index >= 15 is 0 Å². The van der Waals surface area contributed by atoms with Crippen molar-refractivity contribution < 1.29 is 14.7 Å². The van der Waals surface area contributed by atoms with Crippen molar-refractivity contribution in [1.82, 2.24) is 0 Å². The quantitative estimate of drug-likeness (QED) is 0.816. The van der Waals surface area contributed by atoms with E-state index in [1.165, 1.54) is 4.90 Å². The summed E-state index contributed by atoms with van der Waals surface area (Å²) in [5.74, 6) is -1.33. The number of carbonyl (C=O) groups excluding carboxylic acids is 1. The molecular weight excluding hydrogens is 234 g/mol. The number of amides is 1. The lowest BCUT2D eigenvalue weighted by Crippen LogP contribution is -2.46. The number of fused-ring (bicyclic) bond motifs is 1. The molecule has 0 bridgehead atoms. The van der Waals surface area contributed by atoms with E-state index in [0.717, 1.165) is 0 Å². The monoisotopic (exact) mass is 245 g/mol. The Balaban J connectivity index is 2.49. The SMILES string of the molecule is CN1CC(=O)N(CC(=O)O)c2ccc(C#N)cc21. The first kappa shape index (κ1) is 11.9. The van der Waals surface area contributed by atoms with Crippen LogP contribution in [-0.4, -0.2) is 37.1 Å². The molecule has 1 heterocycles. The third-order valence-electron chi connectivity index (χ3n) is 2.77. The largest absolute Gasteiger partial charge is 0.480 e. The summed E-state index contributed by atoms with van der Waals surface area (Å²) < 4.78 is 0. The van der Waals surface area contributed by atoms with Gasteiger partial charge >= 0.3 is 5.97 Å². The summed E-state index contributed by atoms with van der Waals surface area (Å²) in [4.78, 5) is 25.5. The minimum absolute atomic E-state index is 0.106. The van der Waals surface area contributed by atoms with Crippen molar-refractivity contribution in [3.05, 3.63) is 23.8 Å². The van der Waals surface area contributed by atoms with Crippen molar-refractivity contribution in [3.63, 3.8) is 0 Å². The van der Waals surface area contributed by atoms with E-state index < -0.39 is 5.97 Å². The molecule has 0 radical (unpaired) electrons. The molecule has 0 saturated heterocycles. The summed E-state index contributed by atoms with van der Waals surface area (Å²) in [5.41, 5.74) is 1.69. The maximum Gasteiger partial charge on any atom is 0.323 e. The molecule has 6 heteroatoms. The Kier molecular flexibility index (Phi) is 2.90. The number of carboxylic acid groups (broad SMARTS) is 1. The molecule has 1 N–H and O–H groups in total. The molecule has 1 aliphatic rings. The number of hydrogen-bond donors (Lipinski definition) is 1. The smallest absolute Gasteiger partial charge is 0.323 e. The van der Waals surface area contributed by atoms with Crippen LogP contribution in [0.15, 0.2) is 18.2 Å². The number of aliphatic carboxylic acids is 1. The summed E-state index contributed by atoms with van der Waals surface area (Å²) >= 11 is 0. The fraction of sp³-hybridized carbons (Fsp3) is 0.250. The Morgan fingerprint density at radius 2 is 2.22 bits per heavy atom. The van der Waals surface area contributed by atoms with Crippen LogP contribution in [0.1, 0.15) is 5.56 Å². The van der Waals surface area contributed by atoms with Crippen molar-refractivity contribution in [2.45, 2.75) is 0 Å². The number of anilines is 2. The van der Waals surface area contributed by atoms with Gasteiger partial charge in [0.2, 0.25) is 5.91 Å². The number of hydrogen-bond acceptors (Lipinski definition) is 4. The van der Waals surface area contributed by atoms with E-state index in [1.807, 2.05) is 6.07 Å². The molecule has 6 nitrogen and oxygen atoms in total. The highest BCUT2D eigenvalue weighted by Crippen LogP contribution is 2.33. The van der Waals surface area contributed by atoms with E-state index in [4.69, 9.17) is 10.4 Å². The number of carboxylic acids is 1. The minimum Gasteiger partial charge on any atom is -0.480 e. The Morgan fingerprint density at radius 3 is 2.83 bits per heavy atom. The summed E-state index contributed by atoms with van der Waals surface area (Å²) in [5, 5.41) is 17.7. The fourth-order valence-corrected chi connectivity index (χ4v) is 1.94. The molecule has 92 valence electrons. The van der Waals surface area contributed by atoms with Gasteiger partial charge in [-0.3, -0.25) is 14.5 Å². The van der Waals surface area contributed by atoms with Gasteiger partial charge in [0.05, 0.1) is 29.6 Å². The fourth-order valence-electron chi connectivity index (χ4n) is 1.94. The van der Waals surface area contributed by atoms with Crippen LogP contribution in [0.2, 0.25) is 0 Å². The number of nitrogens with zero attached hydrogens (tertiary/aromatic N) is 3. The molecule has 1 amide bonds. The van der Waals surface area contributed by atoms with Crippen molar-refractivity contribution in [1.29, 1.82) is 5.26 Å². The Morgan fingerprint density at radius 1 is 1.50 bits per heavy atom. The Bertz CT molecular complexity index is 562. The number of carbonyl (C=O) groups is 2. The van der Waals surface area contributed by atoms with Gasteiger partial charge in [-0.15, -0.1) is 0 Å². The average Bonchev–Trinajstić information content (AvgIpc) is 2.33. The first-order chi connectivity index (χ1) is 8.52. The molecule has 2 rings (SSSR count). The van der Waals surface area contributed by atoms with Crippen LogP contribution >= 0.6 is 0 Å². The first-order valence-electron chi connectivity index (χ1n) is 5.30. The standard InChI is InChI=1S/C12H11N3O3/c1-14-6-11(16)15(7-12(17)18)9-3-2-8(5-13)4-10(9)14/h2-4H,6-7H2,1H3,(H,17,18). The van der Waals surface area contributed by atoms with Crippen LogP contribution in [0.5, 0.6) is 0 Å².